The number of rotatable bonds is 0. The standard InChI is InChI=1S/C19H30O2/c1-18-9-7-13(20)11-12(18)3-4-14-15-5-6-17(21)19(15,2)10-8-16(14)18/h12-16,20H,3-11H2,1-2H3/t12-,13+,14-,15+,16-,18+,19+/m1/s1. The van der Waals surface area contributed by atoms with Gasteiger partial charge in [-0.25, -0.2) is 0 Å². The Balaban J connectivity index is 1.64. The van der Waals surface area contributed by atoms with Gasteiger partial charge in [-0.1, -0.05) is 13.8 Å². The quantitative estimate of drug-likeness (QED) is 0.733. The van der Waals surface area contributed by atoms with E-state index >= 15 is 0 Å². The number of ketones is 1. The first-order chi connectivity index (χ1) is 9.95. The number of aliphatic hydroxyl groups is 1. The zero-order valence-electron chi connectivity index (χ0n) is 13.6. The molecule has 4 rings (SSSR count). The molecule has 0 spiro atoms. The molecule has 4 saturated carbocycles. The molecular formula is C19H30O2. The van der Waals surface area contributed by atoms with Crippen LogP contribution in [0.15, 0.2) is 0 Å². The van der Waals surface area contributed by atoms with Crippen molar-refractivity contribution in [1.29, 1.82) is 0 Å². The lowest BCUT2D eigenvalue weighted by atomic mass is 9.45. The molecule has 0 saturated heterocycles. The lowest BCUT2D eigenvalue weighted by molar-refractivity contribution is -0.142. The number of hydrogen-bond donors (Lipinski definition) is 1. The molecule has 0 aliphatic heterocycles. The van der Waals surface area contributed by atoms with Crippen molar-refractivity contribution in [3.8, 4) is 0 Å². The maximum absolute atomic E-state index is 12.4. The highest BCUT2D eigenvalue weighted by Crippen LogP contribution is 2.65. The van der Waals surface area contributed by atoms with Gasteiger partial charge in [0, 0.05) is 11.8 Å². The van der Waals surface area contributed by atoms with Crippen LogP contribution in [0.1, 0.15) is 71.6 Å². The summed E-state index contributed by atoms with van der Waals surface area (Å²) in [6.45, 7) is 4.78. The SMILES string of the molecule is C[C@]12CC[C@H](O)C[C@H]1CC[C@H]1[C@H]2CC[C@]2(C)C(=O)CC[C@@H]12. The van der Waals surface area contributed by atoms with Gasteiger partial charge in [0.15, 0.2) is 0 Å². The molecule has 0 aromatic heterocycles. The number of hydrogen-bond acceptors (Lipinski definition) is 2. The van der Waals surface area contributed by atoms with E-state index in [0.29, 0.717) is 17.1 Å². The van der Waals surface area contributed by atoms with Crippen LogP contribution in [-0.4, -0.2) is 17.0 Å². The number of carbonyl (C=O) groups excluding carboxylic acids is 1. The molecule has 118 valence electrons. The first-order valence-electron chi connectivity index (χ1n) is 9.16. The van der Waals surface area contributed by atoms with Gasteiger partial charge in [0.1, 0.15) is 5.78 Å². The highest BCUT2D eigenvalue weighted by molar-refractivity contribution is 5.87. The number of Topliss-reactive ketones (excluding diaryl/α,β-unsaturated/α-hetero) is 1. The number of aliphatic hydroxyl groups excluding tert-OH is 1. The molecule has 0 bridgehead atoms. The smallest absolute Gasteiger partial charge is 0.139 e. The van der Waals surface area contributed by atoms with E-state index in [0.717, 1.165) is 49.9 Å². The van der Waals surface area contributed by atoms with Gasteiger partial charge in [-0.15, -0.1) is 0 Å². The second-order valence-corrected chi connectivity index (χ2v) is 9.00. The molecule has 0 heterocycles. The minimum Gasteiger partial charge on any atom is -0.393 e. The molecule has 0 aromatic rings. The zero-order valence-corrected chi connectivity index (χ0v) is 13.6. The second-order valence-electron chi connectivity index (χ2n) is 9.00. The largest absolute Gasteiger partial charge is 0.393 e. The van der Waals surface area contributed by atoms with E-state index in [9.17, 15) is 9.90 Å². The maximum atomic E-state index is 12.4. The number of fused-ring (bicyclic) bond motifs is 5. The highest BCUT2D eigenvalue weighted by atomic mass is 16.3. The first-order valence-corrected chi connectivity index (χ1v) is 9.16. The van der Waals surface area contributed by atoms with Crippen molar-refractivity contribution in [3.63, 3.8) is 0 Å². The second kappa shape index (κ2) is 4.57. The van der Waals surface area contributed by atoms with Crippen LogP contribution in [0, 0.1) is 34.5 Å². The van der Waals surface area contributed by atoms with Crippen molar-refractivity contribution in [3.05, 3.63) is 0 Å². The van der Waals surface area contributed by atoms with E-state index in [1.807, 2.05) is 0 Å². The lowest BCUT2D eigenvalue weighted by Crippen LogP contribution is -2.54. The van der Waals surface area contributed by atoms with Gasteiger partial charge in [0.25, 0.3) is 0 Å². The van der Waals surface area contributed by atoms with Gasteiger partial charge in [0.2, 0.25) is 0 Å². The van der Waals surface area contributed by atoms with Gasteiger partial charge in [-0.05, 0) is 80.5 Å². The van der Waals surface area contributed by atoms with Crippen LogP contribution in [0.2, 0.25) is 0 Å². The predicted molar refractivity (Wildman–Crippen MR) is 82.7 cm³/mol. The molecule has 4 aliphatic carbocycles. The summed E-state index contributed by atoms with van der Waals surface area (Å²) in [5.74, 6) is 3.54. The van der Waals surface area contributed by atoms with Crippen molar-refractivity contribution in [2.24, 2.45) is 34.5 Å². The first kappa shape index (κ1) is 14.2. The molecule has 2 heteroatoms. The Labute approximate surface area is 128 Å². The minimum atomic E-state index is -0.0541. The summed E-state index contributed by atoms with van der Waals surface area (Å²) < 4.78 is 0. The van der Waals surface area contributed by atoms with E-state index in [-0.39, 0.29) is 11.5 Å². The van der Waals surface area contributed by atoms with Gasteiger partial charge >= 0.3 is 0 Å². The summed E-state index contributed by atoms with van der Waals surface area (Å²) in [5, 5.41) is 10.0. The Morgan fingerprint density at radius 2 is 1.81 bits per heavy atom. The Bertz CT molecular complexity index is 458. The molecule has 0 unspecified atom stereocenters. The molecule has 2 nitrogen and oxygen atoms in total. The molecule has 21 heavy (non-hydrogen) atoms. The Morgan fingerprint density at radius 3 is 2.62 bits per heavy atom. The topological polar surface area (TPSA) is 37.3 Å². The maximum Gasteiger partial charge on any atom is 0.139 e. The molecule has 0 aromatic carbocycles. The van der Waals surface area contributed by atoms with Gasteiger partial charge in [0.05, 0.1) is 6.10 Å². The summed E-state index contributed by atoms with van der Waals surface area (Å²) in [7, 11) is 0. The van der Waals surface area contributed by atoms with Crippen molar-refractivity contribution in [2.45, 2.75) is 77.7 Å². The Morgan fingerprint density at radius 1 is 1.00 bits per heavy atom. The summed E-state index contributed by atoms with van der Waals surface area (Å²) >= 11 is 0. The molecule has 0 radical (unpaired) electrons. The van der Waals surface area contributed by atoms with E-state index in [4.69, 9.17) is 0 Å². The lowest BCUT2D eigenvalue weighted by Gasteiger charge is -2.60. The van der Waals surface area contributed by atoms with Crippen molar-refractivity contribution < 1.29 is 9.90 Å². The van der Waals surface area contributed by atoms with E-state index in [2.05, 4.69) is 13.8 Å². The fraction of sp³-hybridized carbons (Fsp3) is 0.947. The van der Waals surface area contributed by atoms with Gasteiger partial charge < -0.3 is 5.11 Å². The monoisotopic (exact) mass is 290 g/mol. The van der Waals surface area contributed by atoms with Crippen LogP contribution in [0.4, 0.5) is 0 Å². The highest BCUT2D eigenvalue weighted by Gasteiger charge is 2.60. The van der Waals surface area contributed by atoms with Crippen molar-refractivity contribution in [1.82, 2.24) is 0 Å². The Kier molecular flexibility index (Phi) is 3.10. The summed E-state index contributed by atoms with van der Waals surface area (Å²) in [6, 6.07) is 0. The van der Waals surface area contributed by atoms with Crippen LogP contribution in [0.25, 0.3) is 0 Å². The average molecular weight is 290 g/mol. The Hall–Kier alpha value is -0.370. The third kappa shape index (κ3) is 1.84. The van der Waals surface area contributed by atoms with Crippen LogP contribution < -0.4 is 0 Å². The fourth-order valence-electron chi connectivity index (χ4n) is 7.01. The summed E-state index contributed by atoms with van der Waals surface area (Å²) in [6.07, 6.45) is 10.1. The van der Waals surface area contributed by atoms with Crippen LogP contribution in [-0.2, 0) is 4.79 Å². The zero-order chi connectivity index (χ0) is 14.8. The van der Waals surface area contributed by atoms with E-state index < -0.39 is 0 Å². The number of carbonyl (C=O) groups is 1. The van der Waals surface area contributed by atoms with Crippen LogP contribution in [0.5, 0.6) is 0 Å². The predicted octanol–water partition coefficient (Wildman–Crippen LogP) is 3.96. The van der Waals surface area contributed by atoms with Crippen molar-refractivity contribution in [2.75, 3.05) is 0 Å². The molecule has 4 fully saturated rings. The molecule has 4 aliphatic rings. The normalized spacial score (nSPS) is 56.5. The van der Waals surface area contributed by atoms with Crippen molar-refractivity contribution >= 4 is 5.78 Å². The van der Waals surface area contributed by atoms with Gasteiger partial charge in [-0.2, -0.15) is 0 Å². The third-order valence-corrected chi connectivity index (χ3v) is 8.35. The molecular weight excluding hydrogens is 260 g/mol. The van der Waals surface area contributed by atoms with Crippen LogP contribution in [0.3, 0.4) is 0 Å². The average Bonchev–Trinajstić information content (AvgIpc) is 2.76. The van der Waals surface area contributed by atoms with Crippen LogP contribution >= 0.6 is 0 Å². The fourth-order valence-corrected chi connectivity index (χ4v) is 7.01. The molecule has 1 N–H and O–H groups in total. The van der Waals surface area contributed by atoms with E-state index in [1.54, 1.807) is 0 Å². The van der Waals surface area contributed by atoms with Gasteiger partial charge in [-0.3, -0.25) is 4.79 Å². The minimum absolute atomic E-state index is 0.0124. The molecule has 7 atom stereocenters. The summed E-state index contributed by atoms with van der Waals surface area (Å²) in [5.41, 5.74) is 0.452. The third-order valence-electron chi connectivity index (χ3n) is 8.35. The van der Waals surface area contributed by atoms with E-state index in [1.165, 1.54) is 25.7 Å². The summed E-state index contributed by atoms with van der Waals surface area (Å²) in [4.78, 5) is 12.4. The molecule has 0 amide bonds.